The van der Waals surface area contributed by atoms with Crippen molar-refractivity contribution in [1.82, 2.24) is 10.2 Å². The van der Waals surface area contributed by atoms with E-state index in [4.69, 9.17) is 0 Å². The molecule has 1 heterocycles. The van der Waals surface area contributed by atoms with Crippen molar-refractivity contribution in [3.8, 4) is 5.75 Å². The summed E-state index contributed by atoms with van der Waals surface area (Å²) in [4.78, 5) is 9.51. The molecule has 10 heteroatoms. The smallest absolute Gasteiger partial charge is 0.312 e. The highest BCUT2D eigenvalue weighted by molar-refractivity contribution is 7.92. The van der Waals surface area contributed by atoms with Gasteiger partial charge in [0.1, 0.15) is 0 Å². The number of aryl methyl sites for hydroxylation is 1. The lowest BCUT2D eigenvalue weighted by atomic mass is 10.3. The first kappa shape index (κ1) is 14.8. The average Bonchev–Trinajstić information content (AvgIpc) is 2.85. The normalized spacial score (nSPS) is 11.3. The van der Waals surface area contributed by atoms with Crippen LogP contribution >= 0.6 is 0 Å². The Kier molecular flexibility index (Phi) is 3.80. The Bertz CT molecular complexity index is 784. The number of hydrogen-bond donors (Lipinski definition) is 3. The van der Waals surface area contributed by atoms with Gasteiger partial charge in [0.2, 0.25) is 0 Å². The lowest BCUT2D eigenvalue weighted by molar-refractivity contribution is -0.386. The molecule has 0 fully saturated rings. The Morgan fingerprint density at radius 3 is 2.71 bits per heavy atom. The number of nitrogens with zero attached hydrogens (tertiary/aromatic N) is 2. The maximum absolute atomic E-state index is 12.1. The molecule has 0 atom stereocenters. The fourth-order valence-electron chi connectivity index (χ4n) is 1.61. The summed E-state index contributed by atoms with van der Waals surface area (Å²) in [6.45, 7) is 1.87. The van der Waals surface area contributed by atoms with Crippen LogP contribution in [-0.2, 0) is 16.4 Å². The predicted molar refractivity (Wildman–Crippen MR) is 73.5 cm³/mol. The second kappa shape index (κ2) is 5.40. The summed E-state index contributed by atoms with van der Waals surface area (Å²) in [7, 11) is -4.03. The van der Waals surface area contributed by atoms with Gasteiger partial charge in [-0.3, -0.25) is 19.9 Å². The number of nitrogens with one attached hydrogen (secondary N) is 2. The van der Waals surface area contributed by atoms with E-state index in [1.54, 1.807) is 0 Å². The van der Waals surface area contributed by atoms with Gasteiger partial charge in [0, 0.05) is 17.8 Å². The number of phenols is 1. The third-order valence-corrected chi connectivity index (χ3v) is 4.06. The van der Waals surface area contributed by atoms with Gasteiger partial charge in [-0.05, 0) is 18.6 Å². The van der Waals surface area contributed by atoms with E-state index in [2.05, 4.69) is 14.9 Å². The lowest BCUT2D eigenvalue weighted by Crippen LogP contribution is -2.13. The van der Waals surface area contributed by atoms with Gasteiger partial charge in [-0.2, -0.15) is 5.10 Å². The number of sulfonamides is 1. The van der Waals surface area contributed by atoms with Crippen LogP contribution < -0.4 is 4.72 Å². The van der Waals surface area contributed by atoms with Gasteiger partial charge in [-0.1, -0.05) is 6.92 Å². The highest BCUT2D eigenvalue weighted by atomic mass is 32.2. The summed E-state index contributed by atoms with van der Waals surface area (Å²) < 4.78 is 26.4. The molecule has 2 rings (SSSR count). The monoisotopic (exact) mass is 312 g/mol. The molecule has 9 nitrogen and oxygen atoms in total. The number of hydrogen-bond acceptors (Lipinski definition) is 6. The second-order valence-electron chi connectivity index (χ2n) is 4.15. The van der Waals surface area contributed by atoms with Gasteiger partial charge in [-0.15, -0.1) is 0 Å². The lowest BCUT2D eigenvalue weighted by Gasteiger charge is -2.05. The number of phenolic OH excluding ortho intramolecular Hbond substituents is 1. The largest absolute Gasteiger partial charge is 0.502 e. The summed E-state index contributed by atoms with van der Waals surface area (Å²) in [6, 6.07) is 4.32. The molecule has 0 saturated heterocycles. The number of nitro benzene ring substituents is 1. The van der Waals surface area contributed by atoms with Crippen molar-refractivity contribution in [2.75, 3.05) is 4.72 Å². The molecule has 0 unspecified atom stereocenters. The first-order chi connectivity index (χ1) is 9.83. The van der Waals surface area contributed by atoms with E-state index < -0.39 is 26.4 Å². The Morgan fingerprint density at radius 1 is 1.43 bits per heavy atom. The van der Waals surface area contributed by atoms with Crippen molar-refractivity contribution in [1.29, 1.82) is 0 Å². The zero-order valence-corrected chi connectivity index (χ0v) is 11.7. The first-order valence-corrected chi connectivity index (χ1v) is 7.36. The van der Waals surface area contributed by atoms with Crippen molar-refractivity contribution in [3.05, 3.63) is 40.1 Å². The molecule has 0 amide bonds. The number of anilines is 1. The fraction of sp³-hybridized carbons (Fsp3) is 0.182. The molecule has 0 spiro atoms. The van der Waals surface area contributed by atoms with Crippen LogP contribution in [-0.4, -0.2) is 28.6 Å². The summed E-state index contributed by atoms with van der Waals surface area (Å²) in [5.41, 5.74) is 0.0542. The zero-order chi connectivity index (χ0) is 15.6. The molecule has 1 aromatic carbocycles. The van der Waals surface area contributed by atoms with Crippen LogP contribution in [0.1, 0.15) is 12.6 Å². The maximum Gasteiger partial charge on any atom is 0.312 e. The number of aromatic nitrogens is 2. The molecule has 2 aromatic rings. The van der Waals surface area contributed by atoms with E-state index in [0.717, 1.165) is 23.9 Å². The Labute approximate surface area is 119 Å². The van der Waals surface area contributed by atoms with E-state index in [1.807, 2.05) is 6.92 Å². The van der Waals surface area contributed by atoms with Crippen LogP contribution in [0.3, 0.4) is 0 Å². The quantitative estimate of drug-likeness (QED) is 0.563. The molecule has 0 aliphatic carbocycles. The van der Waals surface area contributed by atoms with Crippen molar-refractivity contribution in [2.45, 2.75) is 18.2 Å². The van der Waals surface area contributed by atoms with Gasteiger partial charge in [-0.25, -0.2) is 8.42 Å². The molecule has 0 aliphatic heterocycles. The van der Waals surface area contributed by atoms with E-state index in [9.17, 15) is 23.6 Å². The minimum atomic E-state index is -4.03. The van der Waals surface area contributed by atoms with Crippen molar-refractivity contribution < 1.29 is 18.4 Å². The van der Waals surface area contributed by atoms with Crippen LogP contribution in [0.2, 0.25) is 0 Å². The third kappa shape index (κ3) is 3.11. The van der Waals surface area contributed by atoms with E-state index in [0.29, 0.717) is 6.42 Å². The standard InChI is InChI=1S/C11H12N4O5S/c1-2-7-5-11(13-12-7)14-21(19,20)8-3-4-10(16)9(6-8)15(17)18/h3-6,16H,2H2,1H3,(H2,12,13,14). The van der Waals surface area contributed by atoms with Crippen LogP contribution in [0.4, 0.5) is 11.5 Å². The van der Waals surface area contributed by atoms with Gasteiger partial charge in [0.25, 0.3) is 10.0 Å². The maximum atomic E-state index is 12.1. The van der Waals surface area contributed by atoms with Gasteiger partial charge in [0.15, 0.2) is 11.6 Å². The summed E-state index contributed by atoms with van der Waals surface area (Å²) in [5, 5.41) is 26.5. The Hall–Kier alpha value is -2.62. The van der Waals surface area contributed by atoms with Crippen molar-refractivity contribution in [3.63, 3.8) is 0 Å². The van der Waals surface area contributed by atoms with Gasteiger partial charge in [0.05, 0.1) is 9.82 Å². The van der Waals surface area contributed by atoms with Crippen LogP contribution in [0.25, 0.3) is 0 Å². The van der Waals surface area contributed by atoms with E-state index >= 15 is 0 Å². The van der Waals surface area contributed by atoms with Crippen LogP contribution in [0.5, 0.6) is 5.75 Å². The second-order valence-corrected chi connectivity index (χ2v) is 5.83. The first-order valence-electron chi connectivity index (χ1n) is 5.88. The Balaban J connectivity index is 2.35. The van der Waals surface area contributed by atoms with Crippen LogP contribution in [0, 0.1) is 10.1 Å². The summed E-state index contributed by atoms with van der Waals surface area (Å²) in [6.07, 6.45) is 0.652. The SMILES string of the molecule is CCc1cc(NS(=O)(=O)c2ccc(O)c([N+](=O)[O-])c2)n[nH]1. The van der Waals surface area contributed by atoms with Crippen molar-refractivity contribution in [2.24, 2.45) is 0 Å². The predicted octanol–water partition coefficient (Wildman–Crippen LogP) is 1.39. The molecule has 0 bridgehead atoms. The molecule has 0 aliphatic rings. The van der Waals surface area contributed by atoms with E-state index in [1.165, 1.54) is 6.07 Å². The molecule has 112 valence electrons. The number of aromatic amines is 1. The number of rotatable bonds is 5. The average molecular weight is 312 g/mol. The summed E-state index contributed by atoms with van der Waals surface area (Å²) >= 11 is 0. The molecular formula is C11H12N4O5S. The number of nitro groups is 1. The molecule has 0 radical (unpaired) electrons. The van der Waals surface area contributed by atoms with Gasteiger partial charge >= 0.3 is 5.69 Å². The van der Waals surface area contributed by atoms with Gasteiger partial charge < -0.3 is 5.11 Å². The molecule has 0 saturated carbocycles. The molecule has 3 N–H and O–H groups in total. The fourth-order valence-corrected chi connectivity index (χ4v) is 2.62. The minimum Gasteiger partial charge on any atom is -0.502 e. The number of aromatic hydroxyl groups is 1. The Morgan fingerprint density at radius 2 is 2.14 bits per heavy atom. The third-order valence-electron chi connectivity index (χ3n) is 2.70. The highest BCUT2D eigenvalue weighted by Crippen LogP contribution is 2.28. The number of benzene rings is 1. The zero-order valence-electron chi connectivity index (χ0n) is 10.9. The molecule has 1 aromatic heterocycles. The van der Waals surface area contributed by atoms with E-state index in [-0.39, 0.29) is 10.7 Å². The van der Waals surface area contributed by atoms with Crippen LogP contribution in [0.15, 0.2) is 29.2 Å². The van der Waals surface area contributed by atoms with Crippen molar-refractivity contribution >= 4 is 21.5 Å². The summed E-state index contributed by atoms with van der Waals surface area (Å²) in [5.74, 6) is -0.519. The highest BCUT2D eigenvalue weighted by Gasteiger charge is 2.22. The molecule has 21 heavy (non-hydrogen) atoms. The minimum absolute atomic E-state index is 0.0857. The topological polar surface area (TPSA) is 138 Å². The molecular weight excluding hydrogens is 300 g/mol. The number of H-pyrrole nitrogens is 1.